The molecule has 0 bridgehead atoms. The minimum Gasteiger partial charge on any atom is -0.478 e. The normalized spacial score (nSPS) is 48.5. The van der Waals surface area contributed by atoms with Gasteiger partial charge >= 0.3 is 5.97 Å². The predicted molar refractivity (Wildman–Crippen MR) is 82.2 cm³/mol. The highest BCUT2D eigenvalue weighted by atomic mass is 16.8. The van der Waals surface area contributed by atoms with Gasteiger partial charge in [-0.2, -0.15) is 0 Å². The fourth-order valence-electron chi connectivity index (χ4n) is 3.99. The van der Waals surface area contributed by atoms with Crippen LogP contribution >= 0.6 is 0 Å². The molecule has 1 aliphatic carbocycles. The number of aliphatic carboxylic acids is 1. The SMILES string of the molecule is C[C@@H]1[C@H]2[C@H](O[C@@H]3O[C@H](CO)[C@H](O)[C@@H](O)[C@H]3O)OC=C(C(=O)O)[C@H]2C[C@@H]1O. The van der Waals surface area contributed by atoms with E-state index in [9.17, 15) is 35.4 Å². The van der Waals surface area contributed by atoms with Gasteiger partial charge < -0.3 is 44.8 Å². The molecule has 10 heteroatoms. The Balaban J connectivity index is 1.79. The molecule has 6 N–H and O–H groups in total. The average Bonchev–Trinajstić information content (AvgIpc) is 2.90. The third-order valence-corrected chi connectivity index (χ3v) is 5.58. The Hall–Kier alpha value is -1.27. The fraction of sp³-hybridized carbons (Fsp3) is 0.812. The smallest absolute Gasteiger partial charge is 0.334 e. The van der Waals surface area contributed by atoms with Crippen LogP contribution in [0.25, 0.3) is 0 Å². The molecule has 0 unspecified atom stereocenters. The Labute approximate surface area is 149 Å². The van der Waals surface area contributed by atoms with Gasteiger partial charge in [0.2, 0.25) is 6.29 Å². The molecule has 2 fully saturated rings. The number of aliphatic hydroxyl groups excluding tert-OH is 5. The fourth-order valence-corrected chi connectivity index (χ4v) is 3.99. The second kappa shape index (κ2) is 7.39. The molecular formula is C16H24O10. The maximum atomic E-state index is 11.4. The molecular weight excluding hydrogens is 352 g/mol. The van der Waals surface area contributed by atoms with Crippen molar-refractivity contribution >= 4 is 5.97 Å². The van der Waals surface area contributed by atoms with E-state index in [0.717, 1.165) is 6.26 Å². The summed E-state index contributed by atoms with van der Waals surface area (Å²) in [5, 5.41) is 58.5. The lowest BCUT2D eigenvalue weighted by Crippen LogP contribution is -2.60. The summed E-state index contributed by atoms with van der Waals surface area (Å²) in [4.78, 5) is 11.4. The highest BCUT2D eigenvalue weighted by Crippen LogP contribution is 2.47. The molecule has 148 valence electrons. The summed E-state index contributed by atoms with van der Waals surface area (Å²) in [5.74, 6) is -2.49. The van der Waals surface area contributed by atoms with E-state index in [4.69, 9.17) is 14.2 Å². The van der Waals surface area contributed by atoms with Crippen LogP contribution in [-0.2, 0) is 19.0 Å². The first-order chi connectivity index (χ1) is 12.3. The largest absolute Gasteiger partial charge is 0.478 e. The van der Waals surface area contributed by atoms with Crippen LogP contribution in [0.5, 0.6) is 0 Å². The maximum Gasteiger partial charge on any atom is 0.334 e. The zero-order valence-electron chi connectivity index (χ0n) is 14.1. The van der Waals surface area contributed by atoms with Crippen LogP contribution in [0.1, 0.15) is 13.3 Å². The molecule has 0 amide bonds. The van der Waals surface area contributed by atoms with Crippen LogP contribution in [0.15, 0.2) is 11.8 Å². The van der Waals surface area contributed by atoms with Crippen LogP contribution in [-0.4, -0.2) is 86.3 Å². The number of carboxylic acid groups (broad SMARTS) is 1. The lowest BCUT2D eigenvalue weighted by molar-refractivity contribution is -0.342. The number of hydrogen-bond donors (Lipinski definition) is 6. The molecule has 1 saturated carbocycles. The molecule has 0 radical (unpaired) electrons. The van der Waals surface area contributed by atoms with Crippen molar-refractivity contribution in [3.63, 3.8) is 0 Å². The minimum atomic E-state index is -1.60. The number of carbonyl (C=O) groups is 1. The summed E-state index contributed by atoms with van der Waals surface area (Å²) in [6.45, 7) is 1.15. The van der Waals surface area contributed by atoms with Crippen LogP contribution in [0.2, 0.25) is 0 Å². The van der Waals surface area contributed by atoms with Gasteiger partial charge in [0.25, 0.3) is 0 Å². The number of ether oxygens (including phenoxy) is 3. The molecule has 0 aromatic carbocycles. The molecule has 2 aliphatic heterocycles. The summed E-state index contributed by atoms with van der Waals surface area (Å²) in [6, 6.07) is 0. The quantitative estimate of drug-likeness (QED) is 0.316. The number of hydrogen-bond acceptors (Lipinski definition) is 9. The summed E-state index contributed by atoms with van der Waals surface area (Å²) in [7, 11) is 0. The van der Waals surface area contributed by atoms with Crippen LogP contribution in [0, 0.1) is 17.8 Å². The minimum absolute atomic E-state index is 0.0343. The van der Waals surface area contributed by atoms with Crippen molar-refractivity contribution in [3.8, 4) is 0 Å². The monoisotopic (exact) mass is 376 g/mol. The summed E-state index contributed by atoms with van der Waals surface area (Å²) < 4.78 is 16.3. The van der Waals surface area contributed by atoms with Gasteiger partial charge in [-0.05, 0) is 12.3 Å². The Morgan fingerprint density at radius 3 is 2.50 bits per heavy atom. The molecule has 10 atom stereocenters. The van der Waals surface area contributed by atoms with Gasteiger partial charge in [-0.25, -0.2) is 4.79 Å². The van der Waals surface area contributed by atoms with E-state index >= 15 is 0 Å². The van der Waals surface area contributed by atoms with E-state index in [0.29, 0.717) is 0 Å². The van der Waals surface area contributed by atoms with Crippen molar-refractivity contribution < 1.29 is 49.6 Å². The van der Waals surface area contributed by atoms with Crippen molar-refractivity contribution in [3.05, 3.63) is 11.8 Å². The first-order valence-electron chi connectivity index (χ1n) is 8.49. The van der Waals surface area contributed by atoms with E-state index in [1.54, 1.807) is 6.92 Å². The maximum absolute atomic E-state index is 11.4. The Morgan fingerprint density at radius 2 is 1.88 bits per heavy atom. The first kappa shape index (κ1) is 19.5. The van der Waals surface area contributed by atoms with Crippen molar-refractivity contribution in [2.24, 2.45) is 17.8 Å². The van der Waals surface area contributed by atoms with Gasteiger partial charge in [0.15, 0.2) is 6.29 Å². The molecule has 1 saturated heterocycles. The number of carboxylic acids is 1. The average molecular weight is 376 g/mol. The van der Waals surface area contributed by atoms with Crippen LogP contribution in [0.4, 0.5) is 0 Å². The summed E-state index contributed by atoms with van der Waals surface area (Å²) in [6.07, 6.45) is -7.71. The molecule has 0 spiro atoms. The van der Waals surface area contributed by atoms with E-state index in [1.807, 2.05) is 0 Å². The van der Waals surface area contributed by atoms with Crippen molar-refractivity contribution in [1.82, 2.24) is 0 Å². The first-order valence-corrected chi connectivity index (χ1v) is 8.49. The highest BCUT2D eigenvalue weighted by molar-refractivity contribution is 5.87. The Kier molecular flexibility index (Phi) is 5.54. The van der Waals surface area contributed by atoms with E-state index in [2.05, 4.69) is 0 Å². The van der Waals surface area contributed by atoms with Crippen molar-refractivity contribution in [1.29, 1.82) is 0 Å². The molecule has 0 aromatic heterocycles. The third kappa shape index (κ3) is 3.22. The van der Waals surface area contributed by atoms with Crippen LogP contribution in [0.3, 0.4) is 0 Å². The van der Waals surface area contributed by atoms with Gasteiger partial charge in [0.1, 0.15) is 24.4 Å². The Bertz CT molecular complexity index is 563. The van der Waals surface area contributed by atoms with Gasteiger partial charge in [0, 0.05) is 11.8 Å². The van der Waals surface area contributed by atoms with Crippen molar-refractivity contribution in [2.75, 3.05) is 6.61 Å². The van der Waals surface area contributed by atoms with Crippen LogP contribution < -0.4 is 0 Å². The number of rotatable bonds is 4. The van der Waals surface area contributed by atoms with Gasteiger partial charge in [-0.3, -0.25) is 0 Å². The molecule has 3 aliphatic rings. The van der Waals surface area contributed by atoms with Gasteiger partial charge in [0.05, 0.1) is 24.5 Å². The molecule has 10 nitrogen and oxygen atoms in total. The molecule has 0 aromatic rings. The van der Waals surface area contributed by atoms with E-state index in [1.165, 1.54) is 0 Å². The molecule has 26 heavy (non-hydrogen) atoms. The standard InChI is InChI=1S/C16H24O10/c1-5-8(18)2-6-7(14(22)23)4-24-15(10(5)6)26-16-13(21)12(20)11(19)9(3-17)25-16/h4-6,8-13,15-21H,2-3H2,1H3,(H,22,23)/t5-,6+,8-,9+,10+,11-,12+,13+,15-,16-/m0/s1. The second-order valence-electron chi connectivity index (χ2n) is 7.06. The lowest BCUT2D eigenvalue weighted by Gasteiger charge is -2.43. The topological polar surface area (TPSA) is 166 Å². The number of aliphatic hydroxyl groups is 5. The van der Waals surface area contributed by atoms with E-state index < -0.39 is 67.5 Å². The lowest BCUT2D eigenvalue weighted by atomic mass is 9.83. The highest BCUT2D eigenvalue weighted by Gasteiger charge is 2.53. The van der Waals surface area contributed by atoms with Crippen molar-refractivity contribution in [2.45, 2.75) is 56.4 Å². The zero-order chi connectivity index (χ0) is 19.2. The summed E-state index contributed by atoms with van der Waals surface area (Å²) in [5.41, 5.74) is 0.0343. The van der Waals surface area contributed by atoms with Gasteiger partial charge in [-0.1, -0.05) is 6.92 Å². The van der Waals surface area contributed by atoms with Gasteiger partial charge in [-0.15, -0.1) is 0 Å². The second-order valence-corrected chi connectivity index (χ2v) is 7.06. The molecule has 3 rings (SSSR count). The number of fused-ring (bicyclic) bond motifs is 1. The Morgan fingerprint density at radius 1 is 1.19 bits per heavy atom. The third-order valence-electron chi connectivity index (χ3n) is 5.58. The predicted octanol–water partition coefficient (Wildman–Crippen LogP) is -2.24. The zero-order valence-corrected chi connectivity index (χ0v) is 14.1. The van der Waals surface area contributed by atoms with E-state index in [-0.39, 0.29) is 17.9 Å². The summed E-state index contributed by atoms with van der Waals surface area (Å²) >= 11 is 0. The molecule has 2 heterocycles.